The molecule has 2 nitrogen and oxygen atoms in total. The zero-order chi connectivity index (χ0) is 9.14. The first kappa shape index (κ1) is 9.45. The molecule has 66 valence electrons. The Labute approximate surface area is 75.3 Å². The van der Waals surface area contributed by atoms with Crippen LogP contribution in [0, 0.1) is 5.82 Å². The molecule has 12 heavy (non-hydrogen) atoms. The number of benzene rings is 1. The molecule has 0 aliphatic rings. The molecule has 1 rings (SSSR count). The van der Waals surface area contributed by atoms with Gasteiger partial charge in [0, 0.05) is 17.6 Å². The zero-order valence-corrected chi connectivity index (χ0v) is 7.18. The smallest absolute Gasteiger partial charge is 0.124 e. The Bertz CT molecular complexity index is 278. The van der Waals surface area contributed by atoms with E-state index in [4.69, 9.17) is 23.1 Å². The maximum atomic E-state index is 12.6. The van der Waals surface area contributed by atoms with Crippen LogP contribution in [0.1, 0.15) is 11.6 Å². The Kier molecular flexibility index (Phi) is 3.03. The second kappa shape index (κ2) is 3.85. The minimum Gasteiger partial charge on any atom is -0.329 e. The molecule has 0 saturated carbocycles. The van der Waals surface area contributed by atoms with Gasteiger partial charge in [-0.3, -0.25) is 0 Å². The Balaban J connectivity index is 3.01. The summed E-state index contributed by atoms with van der Waals surface area (Å²) in [6.45, 7) is 0.297. The van der Waals surface area contributed by atoms with E-state index in [0.717, 1.165) is 0 Å². The number of nitrogens with two attached hydrogens (primary N) is 2. The highest BCUT2D eigenvalue weighted by Crippen LogP contribution is 2.21. The molecule has 0 radical (unpaired) electrons. The van der Waals surface area contributed by atoms with E-state index in [0.29, 0.717) is 17.1 Å². The number of rotatable bonds is 2. The number of hydrogen-bond acceptors (Lipinski definition) is 2. The van der Waals surface area contributed by atoms with E-state index in [9.17, 15) is 4.39 Å². The Hall–Kier alpha value is -0.640. The quantitative estimate of drug-likeness (QED) is 0.738. The summed E-state index contributed by atoms with van der Waals surface area (Å²) in [7, 11) is 0. The predicted octanol–water partition coefficient (Wildman–Crippen LogP) is 1.44. The van der Waals surface area contributed by atoms with Crippen molar-refractivity contribution in [3.8, 4) is 0 Å². The van der Waals surface area contributed by atoms with Gasteiger partial charge >= 0.3 is 0 Å². The number of hydrogen-bond donors (Lipinski definition) is 2. The van der Waals surface area contributed by atoms with Crippen LogP contribution < -0.4 is 11.5 Å². The fourth-order valence-corrected chi connectivity index (χ4v) is 1.24. The molecular formula is C8H10ClFN2. The molecule has 0 aromatic heterocycles. The first-order valence-electron chi connectivity index (χ1n) is 3.55. The molecule has 0 spiro atoms. The van der Waals surface area contributed by atoms with Gasteiger partial charge in [-0.15, -0.1) is 0 Å². The van der Waals surface area contributed by atoms with Crippen LogP contribution in [0.2, 0.25) is 5.02 Å². The van der Waals surface area contributed by atoms with E-state index in [1.165, 1.54) is 12.1 Å². The minimum absolute atomic E-state index is 0.297. The molecule has 0 saturated heterocycles. The average molecular weight is 189 g/mol. The third-order valence-electron chi connectivity index (χ3n) is 1.62. The zero-order valence-electron chi connectivity index (χ0n) is 6.43. The fourth-order valence-electron chi connectivity index (χ4n) is 0.929. The molecule has 1 atom stereocenters. The van der Waals surface area contributed by atoms with Crippen LogP contribution in [0.4, 0.5) is 4.39 Å². The van der Waals surface area contributed by atoms with Gasteiger partial charge in [0.1, 0.15) is 5.82 Å². The third-order valence-corrected chi connectivity index (χ3v) is 1.94. The predicted molar refractivity (Wildman–Crippen MR) is 47.4 cm³/mol. The topological polar surface area (TPSA) is 52.0 Å². The third kappa shape index (κ3) is 1.94. The van der Waals surface area contributed by atoms with Gasteiger partial charge in [0.2, 0.25) is 0 Å². The fraction of sp³-hybridized carbons (Fsp3) is 0.250. The molecule has 0 aliphatic carbocycles. The largest absolute Gasteiger partial charge is 0.329 e. The lowest BCUT2D eigenvalue weighted by Gasteiger charge is -2.10. The van der Waals surface area contributed by atoms with E-state index < -0.39 is 0 Å². The standard InChI is InChI=1S/C8H10ClFN2/c9-7-3-5(10)1-2-6(7)8(12)4-11/h1-3,8H,4,11-12H2. The van der Waals surface area contributed by atoms with Crippen LogP contribution in [-0.2, 0) is 0 Å². The van der Waals surface area contributed by atoms with E-state index in [2.05, 4.69) is 0 Å². The Morgan fingerprint density at radius 2 is 2.17 bits per heavy atom. The highest BCUT2D eigenvalue weighted by molar-refractivity contribution is 6.31. The highest BCUT2D eigenvalue weighted by Gasteiger charge is 2.08. The van der Waals surface area contributed by atoms with Gasteiger partial charge in [-0.25, -0.2) is 4.39 Å². The van der Waals surface area contributed by atoms with Crippen LogP contribution in [0.15, 0.2) is 18.2 Å². The van der Waals surface area contributed by atoms with Gasteiger partial charge in [-0.05, 0) is 17.7 Å². The summed E-state index contributed by atoms with van der Waals surface area (Å²) in [6, 6.07) is 3.77. The summed E-state index contributed by atoms with van der Waals surface area (Å²) < 4.78 is 12.6. The highest BCUT2D eigenvalue weighted by atomic mass is 35.5. The summed E-state index contributed by atoms with van der Waals surface area (Å²) in [5, 5.41) is 0.327. The van der Waals surface area contributed by atoms with Crippen molar-refractivity contribution in [1.82, 2.24) is 0 Å². The Morgan fingerprint density at radius 3 is 2.67 bits per heavy atom. The molecule has 0 aliphatic heterocycles. The lowest BCUT2D eigenvalue weighted by Crippen LogP contribution is -2.21. The van der Waals surface area contributed by atoms with Crippen LogP contribution in [-0.4, -0.2) is 6.54 Å². The molecule has 4 heteroatoms. The van der Waals surface area contributed by atoms with Gasteiger partial charge in [0.25, 0.3) is 0 Å². The molecule has 0 amide bonds. The Morgan fingerprint density at radius 1 is 1.50 bits per heavy atom. The van der Waals surface area contributed by atoms with E-state index >= 15 is 0 Å². The molecule has 4 N–H and O–H groups in total. The van der Waals surface area contributed by atoms with Gasteiger partial charge < -0.3 is 11.5 Å². The summed E-state index contributed by atoms with van der Waals surface area (Å²) >= 11 is 5.73. The molecule has 0 fully saturated rings. The molecule has 1 aromatic rings. The van der Waals surface area contributed by atoms with Crippen molar-refractivity contribution < 1.29 is 4.39 Å². The normalized spacial score (nSPS) is 13.0. The van der Waals surface area contributed by atoms with Gasteiger partial charge in [0.05, 0.1) is 0 Å². The molecule has 0 heterocycles. The summed E-state index contributed by atoms with van der Waals surface area (Å²) in [6.07, 6.45) is 0. The second-order valence-electron chi connectivity index (χ2n) is 2.51. The monoisotopic (exact) mass is 188 g/mol. The average Bonchev–Trinajstić information content (AvgIpc) is 2.03. The molecular weight excluding hydrogens is 179 g/mol. The van der Waals surface area contributed by atoms with Crippen molar-refractivity contribution in [2.24, 2.45) is 11.5 Å². The van der Waals surface area contributed by atoms with Crippen molar-refractivity contribution in [2.45, 2.75) is 6.04 Å². The van der Waals surface area contributed by atoms with E-state index in [1.54, 1.807) is 6.07 Å². The van der Waals surface area contributed by atoms with Crippen LogP contribution in [0.5, 0.6) is 0 Å². The lowest BCUT2D eigenvalue weighted by atomic mass is 10.1. The van der Waals surface area contributed by atoms with Crippen LogP contribution in [0.25, 0.3) is 0 Å². The maximum Gasteiger partial charge on any atom is 0.124 e. The first-order chi connectivity index (χ1) is 5.65. The second-order valence-corrected chi connectivity index (χ2v) is 2.92. The minimum atomic E-state index is -0.368. The van der Waals surface area contributed by atoms with E-state index in [-0.39, 0.29) is 11.9 Å². The van der Waals surface area contributed by atoms with Crippen molar-refractivity contribution in [3.63, 3.8) is 0 Å². The first-order valence-corrected chi connectivity index (χ1v) is 3.93. The van der Waals surface area contributed by atoms with E-state index in [1.807, 2.05) is 0 Å². The summed E-state index contributed by atoms with van der Waals surface area (Å²) in [5.41, 5.74) is 11.6. The summed E-state index contributed by atoms with van der Waals surface area (Å²) in [5.74, 6) is -0.368. The molecule has 0 bridgehead atoms. The van der Waals surface area contributed by atoms with Crippen molar-refractivity contribution >= 4 is 11.6 Å². The maximum absolute atomic E-state index is 12.6. The van der Waals surface area contributed by atoms with Gasteiger partial charge in [0.15, 0.2) is 0 Å². The number of halogens is 2. The van der Waals surface area contributed by atoms with Crippen molar-refractivity contribution in [3.05, 3.63) is 34.6 Å². The molecule has 1 unspecified atom stereocenters. The van der Waals surface area contributed by atoms with Crippen molar-refractivity contribution in [2.75, 3.05) is 6.54 Å². The SMILES string of the molecule is NCC(N)c1ccc(F)cc1Cl. The molecule has 1 aromatic carbocycles. The van der Waals surface area contributed by atoms with Crippen LogP contribution in [0.3, 0.4) is 0 Å². The van der Waals surface area contributed by atoms with Gasteiger partial charge in [-0.1, -0.05) is 17.7 Å². The van der Waals surface area contributed by atoms with Crippen LogP contribution >= 0.6 is 11.6 Å². The lowest BCUT2D eigenvalue weighted by molar-refractivity contribution is 0.625. The van der Waals surface area contributed by atoms with Gasteiger partial charge in [-0.2, -0.15) is 0 Å². The summed E-state index contributed by atoms with van der Waals surface area (Å²) in [4.78, 5) is 0. The van der Waals surface area contributed by atoms with Crippen molar-refractivity contribution in [1.29, 1.82) is 0 Å².